The molecule has 0 heterocycles. The van der Waals surface area contributed by atoms with Crippen LogP contribution in [0.3, 0.4) is 0 Å². The van der Waals surface area contributed by atoms with Gasteiger partial charge >= 0.3 is 0 Å². The lowest BCUT2D eigenvalue weighted by Crippen LogP contribution is -1.98. The van der Waals surface area contributed by atoms with E-state index in [1.807, 2.05) is 0 Å². The second-order valence-electron chi connectivity index (χ2n) is 4.74. The fourth-order valence-electron chi connectivity index (χ4n) is 2.43. The number of benzene rings is 3. The fraction of sp³-hybridized carbons (Fsp3) is 0.0526. The van der Waals surface area contributed by atoms with Gasteiger partial charge in [-0.1, -0.05) is 87.4 Å². The second-order valence-corrected chi connectivity index (χ2v) is 5.78. The lowest BCUT2D eigenvalue weighted by atomic mass is 10.0. The van der Waals surface area contributed by atoms with Crippen molar-refractivity contribution in [2.24, 2.45) is 0 Å². The highest BCUT2D eigenvalue weighted by Crippen LogP contribution is 2.25. The molecule has 0 radical (unpaired) electrons. The molecule has 1 heteroatoms. The molecule has 0 aliphatic carbocycles. The molecule has 0 nitrogen and oxygen atoms in total. The molecule has 0 amide bonds. The quantitative estimate of drug-likeness (QED) is 0.593. The van der Waals surface area contributed by atoms with Crippen molar-refractivity contribution in [3.63, 3.8) is 0 Å². The summed E-state index contributed by atoms with van der Waals surface area (Å²) < 4.78 is 0. The average Bonchev–Trinajstić information content (AvgIpc) is 2.56. The summed E-state index contributed by atoms with van der Waals surface area (Å²) in [6, 6.07) is 28.0. The Kier molecular flexibility index (Phi) is 3.95. The standard InChI is InChI=1S/C19H17P/c1-20-19-10-6-5-9-18(19)17-13-11-16(12-14-17)15-7-3-2-4-8-15/h2-14,20H,1H3. The summed E-state index contributed by atoms with van der Waals surface area (Å²) in [7, 11) is 0.824. The zero-order valence-corrected chi connectivity index (χ0v) is 12.5. The maximum atomic E-state index is 2.23. The molecule has 3 rings (SSSR count). The third kappa shape index (κ3) is 2.66. The molecule has 0 spiro atoms. The van der Waals surface area contributed by atoms with Crippen LogP contribution in [0.2, 0.25) is 0 Å². The van der Waals surface area contributed by atoms with Crippen LogP contribution < -0.4 is 5.30 Å². The van der Waals surface area contributed by atoms with Gasteiger partial charge in [-0.15, -0.1) is 0 Å². The van der Waals surface area contributed by atoms with E-state index in [0.717, 1.165) is 8.58 Å². The van der Waals surface area contributed by atoms with Crippen LogP contribution in [0.5, 0.6) is 0 Å². The van der Waals surface area contributed by atoms with Crippen molar-refractivity contribution in [2.45, 2.75) is 0 Å². The van der Waals surface area contributed by atoms with Crippen molar-refractivity contribution in [1.82, 2.24) is 0 Å². The maximum Gasteiger partial charge on any atom is -0.0110 e. The Bertz CT molecular complexity index is 684. The van der Waals surface area contributed by atoms with E-state index in [-0.39, 0.29) is 0 Å². The van der Waals surface area contributed by atoms with Crippen molar-refractivity contribution in [3.8, 4) is 22.3 Å². The summed E-state index contributed by atoms with van der Waals surface area (Å²) in [4.78, 5) is 0. The molecule has 0 bridgehead atoms. The van der Waals surface area contributed by atoms with Gasteiger partial charge in [0.2, 0.25) is 0 Å². The third-order valence-electron chi connectivity index (χ3n) is 3.50. The van der Waals surface area contributed by atoms with E-state index in [1.165, 1.54) is 27.6 Å². The van der Waals surface area contributed by atoms with Gasteiger partial charge in [0, 0.05) is 0 Å². The van der Waals surface area contributed by atoms with Crippen LogP contribution in [0.25, 0.3) is 22.3 Å². The molecule has 0 aliphatic rings. The summed E-state index contributed by atoms with van der Waals surface area (Å²) in [6.45, 7) is 2.23. The first-order valence-corrected chi connectivity index (χ1v) is 8.31. The third-order valence-corrected chi connectivity index (χ3v) is 4.47. The zero-order chi connectivity index (χ0) is 13.8. The van der Waals surface area contributed by atoms with Crippen LogP contribution in [0.15, 0.2) is 78.9 Å². The summed E-state index contributed by atoms with van der Waals surface area (Å²) in [5.74, 6) is 0. The number of hydrogen-bond acceptors (Lipinski definition) is 0. The lowest BCUT2D eigenvalue weighted by molar-refractivity contribution is 1.60. The van der Waals surface area contributed by atoms with Crippen LogP contribution in [-0.2, 0) is 0 Å². The van der Waals surface area contributed by atoms with Crippen molar-refractivity contribution in [3.05, 3.63) is 78.9 Å². The van der Waals surface area contributed by atoms with Gasteiger partial charge in [-0.05, 0) is 34.2 Å². The van der Waals surface area contributed by atoms with Crippen molar-refractivity contribution in [1.29, 1.82) is 0 Å². The van der Waals surface area contributed by atoms with Gasteiger partial charge in [0.25, 0.3) is 0 Å². The Balaban J connectivity index is 1.98. The van der Waals surface area contributed by atoms with Gasteiger partial charge in [-0.25, -0.2) is 0 Å². The highest BCUT2D eigenvalue weighted by molar-refractivity contribution is 7.46. The van der Waals surface area contributed by atoms with Crippen LogP contribution in [0.1, 0.15) is 0 Å². The molecule has 98 valence electrons. The topological polar surface area (TPSA) is 0 Å². The van der Waals surface area contributed by atoms with E-state index in [9.17, 15) is 0 Å². The van der Waals surface area contributed by atoms with Gasteiger partial charge in [-0.2, -0.15) is 0 Å². The minimum absolute atomic E-state index is 0.824. The maximum absolute atomic E-state index is 2.23. The predicted octanol–water partition coefficient (Wildman–Crippen LogP) is 4.95. The van der Waals surface area contributed by atoms with E-state index in [1.54, 1.807) is 0 Å². The largest absolute Gasteiger partial charge is 0.0929 e. The highest BCUT2D eigenvalue weighted by atomic mass is 31.1. The van der Waals surface area contributed by atoms with Crippen LogP contribution in [0, 0.1) is 0 Å². The second kappa shape index (κ2) is 6.03. The molecule has 3 aromatic carbocycles. The molecule has 0 saturated carbocycles. The first-order valence-electron chi connectivity index (χ1n) is 6.81. The Morgan fingerprint density at radius 2 is 1.10 bits per heavy atom. The van der Waals surface area contributed by atoms with Crippen LogP contribution >= 0.6 is 8.58 Å². The highest BCUT2D eigenvalue weighted by Gasteiger charge is 2.03. The summed E-state index contributed by atoms with van der Waals surface area (Å²) in [6.07, 6.45) is 0. The Labute approximate surface area is 122 Å². The summed E-state index contributed by atoms with van der Waals surface area (Å²) in [5.41, 5.74) is 5.19. The smallest absolute Gasteiger partial charge is 0.0110 e. The SMILES string of the molecule is CPc1ccccc1-c1ccc(-c2ccccc2)cc1. The number of rotatable bonds is 3. The van der Waals surface area contributed by atoms with Crippen molar-refractivity contribution < 1.29 is 0 Å². The molecule has 1 atom stereocenters. The first kappa shape index (κ1) is 13.1. The zero-order valence-electron chi connectivity index (χ0n) is 11.5. The first-order chi connectivity index (χ1) is 9.88. The van der Waals surface area contributed by atoms with Crippen LogP contribution in [0.4, 0.5) is 0 Å². The van der Waals surface area contributed by atoms with Crippen molar-refractivity contribution >= 4 is 13.9 Å². The minimum Gasteiger partial charge on any atom is -0.0929 e. The van der Waals surface area contributed by atoms with Crippen molar-refractivity contribution in [2.75, 3.05) is 6.66 Å². The molecule has 0 N–H and O–H groups in total. The lowest BCUT2D eigenvalue weighted by Gasteiger charge is -2.09. The normalized spacial score (nSPS) is 11.1. The summed E-state index contributed by atoms with van der Waals surface area (Å²) in [5, 5.41) is 1.43. The Morgan fingerprint density at radius 3 is 1.80 bits per heavy atom. The van der Waals surface area contributed by atoms with Gasteiger partial charge < -0.3 is 0 Å². The molecule has 0 fully saturated rings. The average molecular weight is 276 g/mol. The van der Waals surface area contributed by atoms with Gasteiger partial charge in [0.15, 0.2) is 0 Å². The Morgan fingerprint density at radius 1 is 0.550 bits per heavy atom. The fourth-order valence-corrected chi connectivity index (χ4v) is 3.19. The van der Waals surface area contributed by atoms with Gasteiger partial charge in [0.1, 0.15) is 0 Å². The van der Waals surface area contributed by atoms with E-state index in [4.69, 9.17) is 0 Å². The van der Waals surface area contributed by atoms with E-state index >= 15 is 0 Å². The van der Waals surface area contributed by atoms with E-state index < -0.39 is 0 Å². The Hall–Kier alpha value is -1.91. The van der Waals surface area contributed by atoms with Gasteiger partial charge in [0.05, 0.1) is 0 Å². The molecular formula is C19H17P. The molecule has 20 heavy (non-hydrogen) atoms. The molecular weight excluding hydrogens is 259 g/mol. The molecule has 0 aromatic heterocycles. The number of hydrogen-bond donors (Lipinski definition) is 0. The van der Waals surface area contributed by atoms with E-state index in [2.05, 4.69) is 85.5 Å². The van der Waals surface area contributed by atoms with Crippen LogP contribution in [-0.4, -0.2) is 6.66 Å². The predicted molar refractivity (Wildman–Crippen MR) is 91.2 cm³/mol. The van der Waals surface area contributed by atoms with Gasteiger partial charge in [-0.3, -0.25) is 0 Å². The molecule has 3 aromatic rings. The molecule has 0 aliphatic heterocycles. The monoisotopic (exact) mass is 276 g/mol. The molecule has 0 saturated heterocycles. The molecule has 1 unspecified atom stereocenters. The van der Waals surface area contributed by atoms with E-state index in [0.29, 0.717) is 0 Å². The summed E-state index contributed by atoms with van der Waals surface area (Å²) >= 11 is 0. The minimum atomic E-state index is 0.824.